The van der Waals surface area contributed by atoms with Crippen molar-refractivity contribution in [1.82, 2.24) is 5.32 Å². The maximum absolute atomic E-state index is 12.3. The van der Waals surface area contributed by atoms with E-state index >= 15 is 0 Å². The highest BCUT2D eigenvalue weighted by Gasteiger charge is 2.15. The molecule has 0 bridgehead atoms. The summed E-state index contributed by atoms with van der Waals surface area (Å²) in [5.41, 5.74) is 1.84. The minimum atomic E-state index is -0.241. The van der Waals surface area contributed by atoms with Crippen LogP contribution >= 0.6 is 0 Å². The number of amides is 1. The molecule has 0 radical (unpaired) electrons. The number of rotatable bonds is 8. The van der Waals surface area contributed by atoms with Gasteiger partial charge in [-0.1, -0.05) is 30.3 Å². The molecule has 1 amide bonds. The molecule has 5 heteroatoms. The van der Waals surface area contributed by atoms with Crippen LogP contribution in [0.5, 0.6) is 11.5 Å². The lowest BCUT2D eigenvalue weighted by Crippen LogP contribution is -2.26. The van der Waals surface area contributed by atoms with Crippen LogP contribution in [0.4, 0.5) is 0 Å². The average Bonchev–Trinajstić information content (AvgIpc) is 3.16. The summed E-state index contributed by atoms with van der Waals surface area (Å²) in [5.74, 6) is 1.61. The number of ether oxygens (including phenoxy) is 2. The van der Waals surface area contributed by atoms with E-state index in [2.05, 4.69) is 5.32 Å². The number of nitrogens with one attached hydrogen (secondary N) is 1. The van der Waals surface area contributed by atoms with Crippen LogP contribution in [0.3, 0.4) is 0 Å². The zero-order chi connectivity index (χ0) is 18.2. The first kappa shape index (κ1) is 17.6. The van der Waals surface area contributed by atoms with Crippen molar-refractivity contribution < 1.29 is 18.7 Å². The Balaban J connectivity index is 1.51. The Morgan fingerprint density at radius 3 is 2.50 bits per heavy atom. The molecule has 1 N–H and O–H groups in total. The van der Waals surface area contributed by atoms with Gasteiger partial charge in [-0.25, -0.2) is 0 Å². The van der Waals surface area contributed by atoms with Gasteiger partial charge in [0.2, 0.25) is 0 Å². The molecule has 0 saturated heterocycles. The van der Waals surface area contributed by atoms with Crippen LogP contribution in [0, 0.1) is 0 Å². The van der Waals surface area contributed by atoms with Gasteiger partial charge in [0.15, 0.2) is 5.76 Å². The third-order valence-electron chi connectivity index (χ3n) is 3.95. The highest BCUT2D eigenvalue weighted by atomic mass is 16.5. The molecule has 0 atom stereocenters. The van der Waals surface area contributed by atoms with Crippen LogP contribution in [-0.2, 0) is 13.0 Å². The van der Waals surface area contributed by atoms with Crippen molar-refractivity contribution in [2.45, 2.75) is 13.0 Å². The molecule has 0 aliphatic heterocycles. The smallest absolute Gasteiger partial charge is 0.287 e. The van der Waals surface area contributed by atoms with Gasteiger partial charge in [-0.3, -0.25) is 4.79 Å². The molecule has 3 rings (SSSR count). The Bertz CT molecular complexity index is 825. The molecule has 134 valence electrons. The lowest BCUT2D eigenvalue weighted by Gasteiger charge is -2.08. The highest BCUT2D eigenvalue weighted by Crippen LogP contribution is 2.16. The van der Waals surface area contributed by atoms with Crippen LogP contribution < -0.4 is 14.8 Å². The Morgan fingerprint density at radius 2 is 1.77 bits per heavy atom. The van der Waals surface area contributed by atoms with Gasteiger partial charge in [0.05, 0.1) is 13.4 Å². The van der Waals surface area contributed by atoms with E-state index in [1.54, 1.807) is 13.2 Å². The molecule has 3 aromatic rings. The Kier molecular flexibility index (Phi) is 5.93. The fourth-order valence-corrected chi connectivity index (χ4v) is 2.52. The van der Waals surface area contributed by atoms with E-state index in [1.165, 1.54) is 6.26 Å². The largest absolute Gasteiger partial charge is 0.497 e. The zero-order valence-electron chi connectivity index (χ0n) is 14.6. The van der Waals surface area contributed by atoms with Crippen molar-refractivity contribution in [3.8, 4) is 11.5 Å². The van der Waals surface area contributed by atoms with E-state index < -0.39 is 0 Å². The highest BCUT2D eigenvalue weighted by molar-refractivity contribution is 5.92. The second kappa shape index (κ2) is 8.76. The molecule has 0 fully saturated rings. The third-order valence-corrected chi connectivity index (χ3v) is 3.95. The number of methoxy groups -OCH3 is 1. The summed E-state index contributed by atoms with van der Waals surface area (Å²) in [6, 6.07) is 19.0. The first-order valence-corrected chi connectivity index (χ1v) is 8.41. The average molecular weight is 351 g/mol. The predicted molar refractivity (Wildman–Crippen MR) is 98.5 cm³/mol. The van der Waals surface area contributed by atoms with Gasteiger partial charge in [0, 0.05) is 12.1 Å². The summed E-state index contributed by atoms with van der Waals surface area (Å²) in [7, 11) is 1.64. The standard InChI is InChI=1S/C21H21NO4/c1-24-18-9-7-16(8-10-18)11-13-22-21(23)20-17(12-14-25-20)15-26-19-5-3-2-4-6-19/h2-10,12,14H,11,13,15H2,1H3,(H,22,23). The summed E-state index contributed by atoms with van der Waals surface area (Å²) in [5, 5.41) is 2.88. The quantitative estimate of drug-likeness (QED) is 0.670. The summed E-state index contributed by atoms with van der Waals surface area (Å²) in [4.78, 5) is 12.3. The summed E-state index contributed by atoms with van der Waals surface area (Å²) < 4.78 is 16.2. The van der Waals surface area contributed by atoms with Gasteiger partial charge in [0.25, 0.3) is 5.91 Å². The molecule has 2 aromatic carbocycles. The van der Waals surface area contributed by atoms with E-state index in [0.717, 1.165) is 29.0 Å². The third kappa shape index (κ3) is 4.66. The predicted octanol–water partition coefficient (Wildman–Crippen LogP) is 3.84. The SMILES string of the molecule is COc1ccc(CCNC(=O)c2occc2COc2ccccc2)cc1. The molecule has 0 unspecified atom stereocenters. The molecule has 26 heavy (non-hydrogen) atoms. The maximum Gasteiger partial charge on any atom is 0.287 e. The molecular formula is C21H21NO4. The van der Waals surface area contributed by atoms with Crippen molar-refractivity contribution in [2.75, 3.05) is 13.7 Å². The summed E-state index contributed by atoms with van der Waals surface area (Å²) >= 11 is 0. The van der Waals surface area contributed by atoms with Crippen LogP contribution in [0.15, 0.2) is 71.3 Å². The fourth-order valence-electron chi connectivity index (χ4n) is 2.52. The van der Waals surface area contributed by atoms with Gasteiger partial charge in [-0.05, 0) is 42.3 Å². The number of carbonyl (C=O) groups is 1. The van der Waals surface area contributed by atoms with Crippen molar-refractivity contribution in [1.29, 1.82) is 0 Å². The van der Waals surface area contributed by atoms with Crippen molar-refractivity contribution in [3.05, 3.63) is 83.8 Å². The van der Waals surface area contributed by atoms with E-state index in [-0.39, 0.29) is 18.3 Å². The summed E-state index contributed by atoms with van der Waals surface area (Å²) in [6.07, 6.45) is 2.23. The monoisotopic (exact) mass is 351 g/mol. The number of benzene rings is 2. The second-order valence-electron chi connectivity index (χ2n) is 5.73. The molecule has 0 aliphatic rings. The van der Waals surface area contributed by atoms with Crippen molar-refractivity contribution in [2.24, 2.45) is 0 Å². The maximum atomic E-state index is 12.3. The number of furan rings is 1. The fraction of sp³-hybridized carbons (Fsp3) is 0.190. The van der Waals surface area contributed by atoms with Gasteiger partial charge in [-0.2, -0.15) is 0 Å². The molecule has 5 nitrogen and oxygen atoms in total. The lowest BCUT2D eigenvalue weighted by molar-refractivity contribution is 0.0923. The van der Waals surface area contributed by atoms with Crippen LogP contribution in [0.2, 0.25) is 0 Å². The molecular weight excluding hydrogens is 330 g/mol. The van der Waals surface area contributed by atoms with Gasteiger partial charge in [0.1, 0.15) is 18.1 Å². The Hall–Kier alpha value is -3.21. The number of para-hydroxylation sites is 1. The Morgan fingerprint density at radius 1 is 1.00 bits per heavy atom. The number of hydrogen-bond donors (Lipinski definition) is 1. The minimum Gasteiger partial charge on any atom is -0.497 e. The lowest BCUT2D eigenvalue weighted by atomic mass is 10.1. The minimum absolute atomic E-state index is 0.241. The van der Waals surface area contributed by atoms with Crippen molar-refractivity contribution in [3.63, 3.8) is 0 Å². The zero-order valence-corrected chi connectivity index (χ0v) is 14.6. The van der Waals surface area contributed by atoms with Gasteiger partial charge in [-0.15, -0.1) is 0 Å². The van der Waals surface area contributed by atoms with Crippen molar-refractivity contribution >= 4 is 5.91 Å². The molecule has 0 saturated carbocycles. The number of hydrogen-bond acceptors (Lipinski definition) is 4. The summed E-state index contributed by atoms with van der Waals surface area (Å²) in [6.45, 7) is 0.798. The van der Waals surface area contributed by atoms with E-state index in [1.807, 2.05) is 54.6 Å². The Labute approximate surface area is 152 Å². The molecule has 0 spiro atoms. The molecule has 1 aromatic heterocycles. The topological polar surface area (TPSA) is 60.7 Å². The first-order chi connectivity index (χ1) is 12.8. The van der Waals surface area contributed by atoms with Crippen LogP contribution in [-0.4, -0.2) is 19.6 Å². The van der Waals surface area contributed by atoms with Gasteiger partial charge < -0.3 is 19.2 Å². The molecule has 1 heterocycles. The van der Waals surface area contributed by atoms with E-state index in [0.29, 0.717) is 6.54 Å². The first-order valence-electron chi connectivity index (χ1n) is 8.41. The van der Waals surface area contributed by atoms with E-state index in [9.17, 15) is 4.79 Å². The van der Waals surface area contributed by atoms with E-state index in [4.69, 9.17) is 13.9 Å². The molecule has 0 aliphatic carbocycles. The number of carbonyl (C=O) groups excluding carboxylic acids is 1. The normalized spacial score (nSPS) is 10.3. The second-order valence-corrected chi connectivity index (χ2v) is 5.73. The van der Waals surface area contributed by atoms with Crippen LogP contribution in [0.25, 0.3) is 0 Å². The van der Waals surface area contributed by atoms with Crippen LogP contribution in [0.1, 0.15) is 21.7 Å². The van der Waals surface area contributed by atoms with Gasteiger partial charge >= 0.3 is 0 Å².